The van der Waals surface area contributed by atoms with Crippen LogP contribution < -0.4 is 4.72 Å². The molecule has 0 aliphatic carbocycles. The Bertz CT molecular complexity index is 629. The predicted octanol–water partition coefficient (Wildman–Crippen LogP) is 1.79. The van der Waals surface area contributed by atoms with Crippen LogP contribution in [0.25, 0.3) is 0 Å². The third kappa shape index (κ3) is 3.21. The first-order valence-electron chi connectivity index (χ1n) is 5.06. The standard InChI is InChI=1S/C11H10ClN3O2S/c1-2-9(7-14)15-18(16,17)11-4-3-8(6-13)5-10(11)12/h3-5,9,15H,2H2,1H3. The second kappa shape index (κ2) is 5.83. The third-order valence-corrected chi connectivity index (χ3v) is 4.17. The van der Waals surface area contributed by atoms with Crippen LogP contribution in [0.2, 0.25) is 5.02 Å². The van der Waals surface area contributed by atoms with Crippen molar-refractivity contribution >= 4 is 21.6 Å². The average molecular weight is 284 g/mol. The molecule has 7 heteroatoms. The van der Waals surface area contributed by atoms with Crippen molar-refractivity contribution in [3.05, 3.63) is 28.8 Å². The number of hydrogen-bond acceptors (Lipinski definition) is 4. The molecule has 0 radical (unpaired) electrons. The molecule has 0 fully saturated rings. The van der Waals surface area contributed by atoms with Crippen molar-refractivity contribution in [3.8, 4) is 12.1 Å². The van der Waals surface area contributed by atoms with Gasteiger partial charge in [0.15, 0.2) is 0 Å². The smallest absolute Gasteiger partial charge is 0.207 e. The van der Waals surface area contributed by atoms with E-state index >= 15 is 0 Å². The van der Waals surface area contributed by atoms with Gasteiger partial charge in [-0.25, -0.2) is 8.42 Å². The monoisotopic (exact) mass is 283 g/mol. The Hall–Kier alpha value is -1.60. The number of hydrogen-bond donors (Lipinski definition) is 1. The topological polar surface area (TPSA) is 93.8 Å². The van der Waals surface area contributed by atoms with E-state index < -0.39 is 16.1 Å². The van der Waals surface area contributed by atoms with Crippen molar-refractivity contribution in [2.24, 2.45) is 0 Å². The van der Waals surface area contributed by atoms with E-state index in [1.54, 1.807) is 6.92 Å². The largest absolute Gasteiger partial charge is 0.243 e. The molecule has 18 heavy (non-hydrogen) atoms. The van der Waals surface area contributed by atoms with Crippen LogP contribution in [-0.4, -0.2) is 14.5 Å². The summed E-state index contributed by atoms with van der Waals surface area (Å²) >= 11 is 5.81. The second-order valence-corrected chi connectivity index (χ2v) is 5.56. The van der Waals surface area contributed by atoms with E-state index in [0.29, 0.717) is 6.42 Å². The number of nitrogens with one attached hydrogen (secondary N) is 1. The van der Waals surface area contributed by atoms with E-state index in [1.807, 2.05) is 12.1 Å². The van der Waals surface area contributed by atoms with Gasteiger partial charge in [0.25, 0.3) is 0 Å². The normalized spacial score (nSPS) is 12.4. The Morgan fingerprint density at radius 1 is 1.44 bits per heavy atom. The number of nitrogens with zero attached hydrogens (tertiary/aromatic N) is 2. The fourth-order valence-electron chi connectivity index (χ4n) is 1.24. The lowest BCUT2D eigenvalue weighted by Crippen LogP contribution is -2.33. The van der Waals surface area contributed by atoms with Gasteiger partial charge in [-0.05, 0) is 24.6 Å². The van der Waals surface area contributed by atoms with Crippen molar-refractivity contribution in [2.45, 2.75) is 24.3 Å². The summed E-state index contributed by atoms with van der Waals surface area (Å²) in [4.78, 5) is -0.142. The van der Waals surface area contributed by atoms with Gasteiger partial charge in [0.05, 0.1) is 22.7 Å². The lowest BCUT2D eigenvalue weighted by Gasteiger charge is -2.11. The van der Waals surface area contributed by atoms with Gasteiger partial charge in [-0.1, -0.05) is 18.5 Å². The molecule has 0 amide bonds. The van der Waals surface area contributed by atoms with Crippen LogP contribution in [0.4, 0.5) is 0 Å². The van der Waals surface area contributed by atoms with E-state index in [2.05, 4.69) is 4.72 Å². The van der Waals surface area contributed by atoms with Crippen LogP contribution in [0.3, 0.4) is 0 Å². The zero-order valence-corrected chi connectivity index (χ0v) is 11.1. The Morgan fingerprint density at radius 2 is 2.11 bits per heavy atom. The number of benzene rings is 1. The van der Waals surface area contributed by atoms with Crippen molar-refractivity contribution in [1.29, 1.82) is 10.5 Å². The molecule has 1 rings (SSSR count). The van der Waals surface area contributed by atoms with E-state index in [-0.39, 0.29) is 15.5 Å². The fraction of sp³-hybridized carbons (Fsp3) is 0.273. The van der Waals surface area contributed by atoms with Gasteiger partial charge in [-0.15, -0.1) is 0 Å². The van der Waals surface area contributed by atoms with Gasteiger partial charge in [0.2, 0.25) is 10.0 Å². The highest BCUT2D eigenvalue weighted by Gasteiger charge is 2.21. The summed E-state index contributed by atoms with van der Waals surface area (Å²) in [5.41, 5.74) is 0.270. The molecule has 1 N–H and O–H groups in total. The highest BCUT2D eigenvalue weighted by atomic mass is 35.5. The van der Waals surface area contributed by atoms with Gasteiger partial charge in [0.1, 0.15) is 10.9 Å². The zero-order chi connectivity index (χ0) is 13.8. The maximum atomic E-state index is 12.0. The van der Waals surface area contributed by atoms with Crippen molar-refractivity contribution < 1.29 is 8.42 Å². The minimum absolute atomic E-state index is 0.0469. The maximum Gasteiger partial charge on any atom is 0.243 e. The molecule has 1 aromatic carbocycles. The van der Waals surface area contributed by atoms with Gasteiger partial charge < -0.3 is 0 Å². The molecule has 0 saturated carbocycles. The maximum absolute atomic E-state index is 12.0. The summed E-state index contributed by atoms with van der Waals surface area (Å²) in [6.45, 7) is 1.69. The van der Waals surface area contributed by atoms with Crippen LogP contribution in [0.5, 0.6) is 0 Å². The minimum Gasteiger partial charge on any atom is -0.207 e. The summed E-state index contributed by atoms with van der Waals surface area (Å²) in [5, 5.41) is 17.3. The average Bonchev–Trinajstić information content (AvgIpc) is 2.35. The molecule has 0 aliphatic rings. The Labute approximate surface area is 111 Å². The summed E-state index contributed by atoms with van der Waals surface area (Å²) in [7, 11) is -3.85. The molecule has 1 atom stereocenters. The fourth-order valence-corrected chi connectivity index (χ4v) is 3.01. The summed E-state index contributed by atoms with van der Waals surface area (Å²) < 4.78 is 26.1. The van der Waals surface area contributed by atoms with Crippen LogP contribution >= 0.6 is 11.6 Å². The van der Waals surface area contributed by atoms with Crippen molar-refractivity contribution in [2.75, 3.05) is 0 Å². The Kier molecular flexibility index (Phi) is 4.69. The van der Waals surface area contributed by atoms with E-state index in [4.69, 9.17) is 22.1 Å². The Morgan fingerprint density at radius 3 is 2.56 bits per heavy atom. The summed E-state index contributed by atoms with van der Waals surface area (Å²) in [6.07, 6.45) is 0.351. The van der Waals surface area contributed by atoms with Gasteiger partial charge >= 0.3 is 0 Å². The molecule has 0 saturated heterocycles. The van der Waals surface area contributed by atoms with Crippen LogP contribution in [0, 0.1) is 22.7 Å². The second-order valence-electron chi connectivity index (χ2n) is 3.47. The molecule has 0 aliphatic heterocycles. The molecule has 1 unspecified atom stereocenters. The van der Waals surface area contributed by atoms with E-state index in [1.165, 1.54) is 18.2 Å². The molecule has 5 nitrogen and oxygen atoms in total. The predicted molar refractivity (Wildman–Crippen MR) is 66.2 cm³/mol. The Balaban J connectivity index is 3.15. The summed E-state index contributed by atoms with van der Waals surface area (Å²) in [6, 6.07) is 6.75. The first-order valence-corrected chi connectivity index (χ1v) is 6.92. The molecule has 0 aromatic heterocycles. The van der Waals surface area contributed by atoms with E-state index in [9.17, 15) is 8.42 Å². The number of sulfonamides is 1. The zero-order valence-electron chi connectivity index (χ0n) is 9.51. The molecule has 94 valence electrons. The number of rotatable bonds is 4. The third-order valence-electron chi connectivity index (χ3n) is 2.21. The highest BCUT2D eigenvalue weighted by molar-refractivity contribution is 7.89. The SMILES string of the molecule is CCC(C#N)NS(=O)(=O)c1ccc(C#N)cc1Cl. The molecular formula is C11H10ClN3O2S. The molecule has 0 bridgehead atoms. The van der Waals surface area contributed by atoms with E-state index in [0.717, 1.165) is 0 Å². The number of nitriles is 2. The lowest BCUT2D eigenvalue weighted by atomic mass is 10.2. The van der Waals surface area contributed by atoms with Crippen molar-refractivity contribution in [3.63, 3.8) is 0 Å². The van der Waals surface area contributed by atoms with Gasteiger partial charge in [0, 0.05) is 0 Å². The first kappa shape index (κ1) is 14.5. The van der Waals surface area contributed by atoms with Crippen LogP contribution in [0.1, 0.15) is 18.9 Å². The molecule has 1 aromatic rings. The molecular weight excluding hydrogens is 274 g/mol. The summed E-state index contributed by atoms with van der Waals surface area (Å²) in [5.74, 6) is 0. The first-order chi connectivity index (χ1) is 8.44. The number of halogens is 1. The van der Waals surface area contributed by atoms with Gasteiger partial charge in [-0.3, -0.25) is 0 Å². The van der Waals surface area contributed by atoms with Crippen LogP contribution in [-0.2, 0) is 10.0 Å². The lowest BCUT2D eigenvalue weighted by molar-refractivity contribution is 0.569. The quantitative estimate of drug-likeness (QED) is 0.911. The minimum atomic E-state index is -3.85. The molecule has 0 heterocycles. The van der Waals surface area contributed by atoms with Gasteiger partial charge in [-0.2, -0.15) is 15.2 Å². The molecule has 0 spiro atoms. The highest BCUT2D eigenvalue weighted by Crippen LogP contribution is 2.22. The van der Waals surface area contributed by atoms with Crippen molar-refractivity contribution in [1.82, 2.24) is 4.72 Å². The van der Waals surface area contributed by atoms with Crippen LogP contribution in [0.15, 0.2) is 23.1 Å².